The average molecular weight is 560 g/mol. The molecule has 4 atom stereocenters. The Morgan fingerprint density at radius 1 is 1.31 bits per heavy atom. The zero-order chi connectivity index (χ0) is 26.5. The molecule has 2 saturated heterocycles. The summed E-state index contributed by atoms with van der Waals surface area (Å²) in [5.74, 6) is -0.907. The number of aryl methyl sites for hydroxylation is 1. The molecule has 3 unspecified atom stereocenters. The highest BCUT2D eigenvalue weighted by Crippen LogP contribution is 2.26. The lowest BCUT2D eigenvalue weighted by Crippen LogP contribution is -2.62. The maximum absolute atomic E-state index is 13.2. The number of amides is 2. The summed E-state index contributed by atoms with van der Waals surface area (Å²) >= 11 is 12.1. The molecular formula is C25H36Cl2N4O4S. The zero-order valence-corrected chi connectivity index (χ0v) is 23.4. The van der Waals surface area contributed by atoms with Crippen molar-refractivity contribution >= 4 is 50.5 Å². The van der Waals surface area contributed by atoms with Gasteiger partial charge in [0.25, 0.3) is 5.91 Å². The summed E-state index contributed by atoms with van der Waals surface area (Å²) in [5.41, 5.74) is 3.80. The third-order valence-corrected chi connectivity index (χ3v) is 9.73. The number of nitrogens with one attached hydrogen (secondary N) is 2. The number of sulfone groups is 1. The number of anilines is 1. The third-order valence-electron chi connectivity index (χ3n) is 6.77. The molecule has 200 valence electrons. The van der Waals surface area contributed by atoms with Gasteiger partial charge in [-0.1, -0.05) is 12.1 Å². The fourth-order valence-corrected chi connectivity index (χ4v) is 6.70. The Bertz CT molecular complexity index is 1080. The summed E-state index contributed by atoms with van der Waals surface area (Å²) in [7, 11) is -3.54. The molecule has 2 heterocycles. The number of carbonyl (C=O) groups is 2. The fraction of sp³-hybridized carbons (Fsp3) is 0.600. The molecule has 0 saturated carbocycles. The molecule has 0 aromatic heterocycles. The molecular weight excluding hydrogens is 523 g/mol. The number of carbonyl (C=O) groups excluding carboxylic acids is 2. The summed E-state index contributed by atoms with van der Waals surface area (Å²) in [6.07, 6.45) is 8.92. The van der Waals surface area contributed by atoms with Crippen LogP contribution in [0.3, 0.4) is 0 Å². The Balaban J connectivity index is 1.64. The minimum atomic E-state index is -3.54. The lowest BCUT2D eigenvalue weighted by molar-refractivity contribution is -0.143. The zero-order valence-electron chi connectivity index (χ0n) is 21.0. The molecule has 36 heavy (non-hydrogen) atoms. The lowest BCUT2D eigenvalue weighted by atomic mass is 9.99. The minimum Gasteiger partial charge on any atom is -0.375 e. The quantitative estimate of drug-likeness (QED) is 0.447. The first-order valence-corrected chi connectivity index (χ1v) is 14.9. The number of alkyl halides is 2. The van der Waals surface area contributed by atoms with Gasteiger partial charge in [-0.3, -0.25) is 14.6 Å². The van der Waals surface area contributed by atoms with Gasteiger partial charge in [0, 0.05) is 24.8 Å². The van der Waals surface area contributed by atoms with Crippen LogP contribution in [-0.2, 0) is 19.4 Å². The SMILES string of the molecule is C/C=C\N1CCCCC1CCCS(=O)(=O)c1cc(NC(=O)[C@H](C)N2NCC(Cl)C(Cl)C2=O)ccc1C. The van der Waals surface area contributed by atoms with Crippen molar-refractivity contribution in [3.8, 4) is 0 Å². The topological polar surface area (TPSA) is 98.8 Å². The van der Waals surface area contributed by atoms with Crippen LogP contribution in [0.5, 0.6) is 0 Å². The molecule has 1 aromatic carbocycles. The molecule has 2 amide bonds. The summed E-state index contributed by atoms with van der Waals surface area (Å²) in [6.45, 7) is 6.56. The van der Waals surface area contributed by atoms with Crippen molar-refractivity contribution in [1.82, 2.24) is 15.3 Å². The molecule has 0 spiro atoms. The van der Waals surface area contributed by atoms with Gasteiger partial charge in [0.15, 0.2) is 9.84 Å². The molecule has 2 aliphatic rings. The van der Waals surface area contributed by atoms with Crippen LogP contribution in [0.1, 0.15) is 51.5 Å². The number of hydrogen-bond donors (Lipinski definition) is 2. The van der Waals surface area contributed by atoms with Crippen molar-refractivity contribution in [2.24, 2.45) is 0 Å². The molecule has 0 aliphatic carbocycles. The van der Waals surface area contributed by atoms with Crippen LogP contribution >= 0.6 is 23.2 Å². The number of hydrazine groups is 1. The van der Waals surface area contributed by atoms with Gasteiger partial charge >= 0.3 is 0 Å². The van der Waals surface area contributed by atoms with Crippen LogP contribution in [0.25, 0.3) is 0 Å². The number of benzene rings is 1. The summed E-state index contributed by atoms with van der Waals surface area (Å²) in [4.78, 5) is 27.8. The van der Waals surface area contributed by atoms with Crippen molar-refractivity contribution in [3.05, 3.63) is 36.0 Å². The highest BCUT2D eigenvalue weighted by molar-refractivity contribution is 7.91. The van der Waals surface area contributed by atoms with Gasteiger partial charge in [-0.25, -0.2) is 13.8 Å². The Labute approximate surface area is 224 Å². The van der Waals surface area contributed by atoms with Gasteiger partial charge in [0.1, 0.15) is 11.4 Å². The number of halogens is 2. The summed E-state index contributed by atoms with van der Waals surface area (Å²) < 4.78 is 26.4. The second kappa shape index (κ2) is 12.6. The van der Waals surface area contributed by atoms with E-state index in [0.717, 1.165) is 25.8 Å². The van der Waals surface area contributed by atoms with E-state index in [0.29, 0.717) is 23.7 Å². The van der Waals surface area contributed by atoms with E-state index >= 15 is 0 Å². The number of hydrogen-bond acceptors (Lipinski definition) is 6. The first kappa shape index (κ1) is 28.8. The fourth-order valence-electron chi connectivity index (χ4n) is 4.70. The van der Waals surface area contributed by atoms with E-state index < -0.39 is 38.4 Å². The van der Waals surface area contributed by atoms with Crippen molar-refractivity contribution in [1.29, 1.82) is 0 Å². The molecule has 11 heteroatoms. The highest BCUT2D eigenvalue weighted by atomic mass is 35.5. The molecule has 2 aliphatic heterocycles. The second-order valence-corrected chi connectivity index (χ2v) is 12.6. The van der Waals surface area contributed by atoms with E-state index in [9.17, 15) is 18.0 Å². The molecule has 0 bridgehead atoms. The predicted octanol–water partition coefficient (Wildman–Crippen LogP) is 3.83. The van der Waals surface area contributed by atoms with E-state index in [1.165, 1.54) is 17.5 Å². The van der Waals surface area contributed by atoms with Crippen molar-refractivity contribution in [3.63, 3.8) is 0 Å². The first-order valence-electron chi connectivity index (χ1n) is 12.4. The van der Waals surface area contributed by atoms with E-state index in [4.69, 9.17) is 23.2 Å². The van der Waals surface area contributed by atoms with E-state index in [1.54, 1.807) is 26.0 Å². The highest BCUT2D eigenvalue weighted by Gasteiger charge is 2.38. The van der Waals surface area contributed by atoms with Crippen LogP contribution in [0.4, 0.5) is 5.69 Å². The Hall–Kier alpha value is -1.81. The van der Waals surface area contributed by atoms with Crippen LogP contribution in [0.15, 0.2) is 35.4 Å². The van der Waals surface area contributed by atoms with E-state index in [-0.39, 0.29) is 17.2 Å². The van der Waals surface area contributed by atoms with E-state index in [1.807, 2.05) is 13.0 Å². The smallest absolute Gasteiger partial charge is 0.257 e. The average Bonchev–Trinajstić information content (AvgIpc) is 2.84. The van der Waals surface area contributed by atoms with Gasteiger partial charge < -0.3 is 10.2 Å². The Morgan fingerprint density at radius 3 is 2.78 bits per heavy atom. The minimum absolute atomic E-state index is 0.0464. The third kappa shape index (κ3) is 6.94. The standard InChI is InChI=1S/C25H36Cl2N4O4S/c1-4-12-30-13-6-5-8-20(30)9-7-14-36(34,35)22-15-19(11-10-17(22)2)29-24(32)18(3)31-25(33)23(27)21(26)16-28-31/h4,10-12,15,18,20-21,23,28H,5-9,13-14,16H2,1-3H3,(H,29,32)/b12-4-/t18-,20?,21?,23?/m0/s1. The maximum atomic E-state index is 13.2. The summed E-state index contributed by atoms with van der Waals surface area (Å²) in [5, 5.41) is 2.39. The molecule has 2 fully saturated rings. The van der Waals surface area contributed by atoms with Gasteiger partial charge in [0.2, 0.25) is 5.91 Å². The van der Waals surface area contributed by atoms with Crippen LogP contribution in [0.2, 0.25) is 0 Å². The molecule has 0 radical (unpaired) electrons. The van der Waals surface area contributed by atoms with Crippen LogP contribution in [0, 0.1) is 6.92 Å². The van der Waals surface area contributed by atoms with Gasteiger partial charge in [-0.15, -0.1) is 23.2 Å². The lowest BCUT2D eigenvalue weighted by Gasteiger charge is -2.36. The molecule has 8 nitrogen and oxygen atoms in total. The number of rotatable bonds is 9. The molecule has 2 N–H and O–H groups in total. The van der Waals surface area contributed by atoms with Gasteiger partial charge in [-0.05, 0) is 76.8 Å². The largest absolute Gasteiger partial charge is 0.375 e. The van der Waals surface area contributed by atoms with Crippen molar-refractivity contribution < 1.29 is 18.0 Å². The predicted molar refractivity (Wildman–Crippen MR) is 144 cm³/mol. The van der Waals surface area contributed by atoms with Gasteiger partial charge in [-0.2, -0.15) is 0 Å². The monoisotopic (exact) mass is 558 g/mol. The number of likely N-dealkylation sites (tertiary alicyclic amines) is 1. The first-order chi connectivity index (χ1) is 17.0. The van der Waals surface area contributed by atoms with Crippen molar-refractivity contribution in [2.75, 3.05) is 24.2 Å². The van der Waals surface area contributed by atoms with E-state index in [2.05, 4.69) is 21.8 Å². The molecule has 3 rings (SSSR count). The number of nitrogens with zero attached hydrogens (tertiary/aromatic N) is 2. The van der Waals surface area contributed by atoms with Gasteiger partial charge in [0.05, 0.1) is 16.0 Å². The number of piperidine rings is 1. The molecule has 1 aromatic rings. The Kier molecular flexibility index (Phi) is 10.1. The summed E-state index contributed by atoms with van der Waals surface area (Å²) in [6, 6.07) is 4.32. The van der Waals surface area contributed by atoms with Crippen molar-refractivity contribution in [2.45, 2.75) is 80.6 Å². The van der Waals surface area contributed by atoms with Crippen LogP contribution < -0.4 is 10.7 Å². The Morgan fingerprint density at radius 2 is 2.06 bits per heavy atom. The maximum Gasteiger partial charge on any atom is 0.257 e. The number of allylic oxidation sites excluding steroid dienone is 1. The van der Waals surface area contributed by atoms with Crippen LogP contribution in [-0.4, -0.2) is 71.8 Å². The normalized spacial score (nSPS) is 24.2. The second-order valence-electron chi connectivity index (χ2n) is 9.46.